The first-order valence-electron chi connectivity index (χ1n) is 9.53. The number of hydrogen-bond acceptors (Lipinski definition) is 4. The summed E-state index contributed by atoms with van der Waals surface area (Å²) in [6.45, 7) is 11.3. The monoisotopic (exact) mass is 430 g/mol. The highest BCUT2D eigenvalue weighted by atomic mass is 35.5. The lowest BCUT2D eigenvalue weighted by molar-refractivity contribution is -0.139. The number of hydrogen-bond donors (Lipinski definition) is 2. The topological polar surface area (TPSA) is 64.7 Å². The maximum atomic E-state index is 12.6. The van der Waals surface area contributed by atoms with Crippen LogP contribution < -0.4 is 10.6 Å². The second-order valence-corrected chi connectivity index (χ2v) is 7.60. The number of benzene rings is 1. The zero-order valence-corrected chi connectivity index (χ0v) is 18.5. The van der Waals surface area contributed by atoms with Crippen molar-refractivity contribution >= 4 is 42.3 Å². The molecule has 2 amide bonds. The summed E-state index contributed by atoms with van der Waals surface area (Å²) < 4.78 is 0. The van der Waals surface area contributed by atoms with Gasteiger partial charge in [0.25, 0.3) is 0 Å². The zero-order valence-electron chi connectivity index (χ0n) is 16.9. The number of nitrogens with one attached hydrogen (secondary N) is 2. The minimum atomic E-state index is 0. The predicted molar refractivity (Wildman–Crippen MR) is 118 cm³/mol. The number of aryl methyl sites for hydroxylation is 1. The Hall–Kier alpha value is -1.34. The molecule has 3 rings (SSSR count). The fourth-order valence-electron chi connectivity index (χ4n) is 3.56. The summed E-state index contributed by atoms with van der Waals surface area (Å²) in [5.74, 6) is 0.836. The second-order valence-electron chi connectivity index (χ2n) is 7.60. The number of anilines is 1. The number of carbonyl (C=O) groups excluding carboxylic acids is 2. The van der Waals surface area contributed by atoms with Gasteiger partial charge in [0.05, 0.1) is 6.54 Å². The number of nitrogens with zero attached hydrogens (tertiary/aromatic N) is 2. The van der Waals surface area contributed by atoms with Crippen molar-refractivity contribution in [3.05, 3.63) is 29.3 Å². The van der Waals surface area contributed by atoms with Gasteiger partial charge in [0.2, 0.25) is 11.8 Å². The Morgan fingerprint density at radius 1 is 1.14 bits per heavy atom. The molecule has 1 aromatic rings. The van der Waals surface area contributed by atoms with Crippen LogP contribution >= 0.6 is 24.8 Å². The predicted octanol–water partition coefficient (Wildman–Crippen LogP) is 2.09. The van der Waals surface area contributed by atoms with Gasteiger partial charge in [-0.05, 0) is 50.0 Å². The van der Waals surface area contributed by atoms with Crippen molar-refractivity contribution in [3.63, 3.8) is 0 Å². The van der Waals surface area contributed by atoms with Crippen LogP contribution in [-0.2, 0) is 9.59 Å². The molecule has 0 aliphatic carbocycles. The maximum absolute atomic E-state index is 12.6. The lowest BCUT2D eigenvalue weighted by atomic mass is 9.88. The molecular weight excluding hydrogens is 399 g/mol. The molecule has 0 spiro atoms. The largest absolute Gasteiger partial charge is 0.340 e. The minimum absolute atomic E-state index is 0. The van der Waals surface area contributed by atoms with Crippen LogP contribution in [-0.4, -0.2) is 67.4 Å². The molecule has 28 heavy (non-hydrogen) atoms. The summed E-state index contributed by atoms with van der Waals surface area (Å²) in [7, 11) is 0. The number of piperazine rings is 1. The van der Waals surface area contributed by atoms with Crippen LogP contribution in [0.4, 0.5) is 5.69 Å². The van der Waals surface area contributed by atoms with E-state index in [2.05, 4.69) is 15.5 Å². The Morgan fingerprint density at radius 2 is 1.79 bits per heavy atom. The normalized spacial score (nSPS) is 18.3. The number of rotatable bonds is 5. The van der Waals surface area contributed by atoms with Gasteiger partial charge in [-0.3, -0.25) is 14.5 Å². The highest BCUT2D eigenvalue weighted by molar-refractivity contribution is 5.93. The van der Waals surface area contributed by atoms with E-state index in [0.717, 1.165) is 37.4 Å². The molecule has 2 aliphatic rings. The molecule has 158 valence electrons. The van der Waals surface area contributed by atoms with Crippen LogP contribution in [0, 0.1) is 25.7 Å². The van der Waals surface area contributed by atoms with Gasteiger partial charge in [0.1, 0.15) is 0 Å². The van der Waals surface area contributed by atoms with E-state index in [1.165, 1.54) is 5.56 Å². The summed E-state index contributed by atoms with van der Waals surface area (Å²) in [4.78, 5) is 29.0. The van der Waals surface area contributed by atoms with E-state index in [-0.39, 0.29) is 42.5 Å². The molecule has 1 unspecified atom stereocenters. The fraction of sp³-hybridized carbons (Fsp3) is 0.600. The molecule has 2 heterocycles. The third-order valence-corrected chi connectivity index (χ3v) is 5.84. The molecule has 2 fully saturated rings. The molecule has 0 aromatic heterocycles. The molecule has 0 radical (unpaired) electrons. The Balaban J connectivity index is 0.00000196. The van der Waals surface area contributed by atoms with Gasteiger partial charge in [-0.1, -0.05) is 19.1 Å². The van der Waals surface area contributed by atoms with Crippen molar-refractivity contribution in [1.82, 2.24) is 15.1 Å². The van der Waals surface area contributed by atoms with E-state index in [9.17, 15) is 9.59 Å². The van der Waals surface area contributed by atoms with Crippen LogP contribution in [0.5, 0.6) is 0 Å². The van der Waals surface area contributed by atoms with E-state index in [1.807, 2.05) is 43.9 Å². The molecule has 2 saturated heterocycles. The van der Waals surface area contributed by atoms with Crippen LogP contribution in [0.3, 0.4) is 0 Å². The molecule has 2 aliphatic heterocycles. The molecule has 2 N–H and O–H groups in total. The molecule has 1 atom stereocenters. The quantitative estimate of drug-likeness (QED) is 0.750. The minimum Gasteiger partial charge on any atom is -0.340 e. The second kappa shape index (κ2) is 11.0. The van der Waals surface area contributed by atoms with Crippen LogP contribution in [0.25, 0.3) is 0 Å². The van der Waals surface area contributed by atoms with Gasteiger partial charge < -0.3 is 15.5 Å². The first-order chi connectivity index (χ1) is 12.5. The number of halogens is 2. The Morgan fingerprint density at radius 3 is 2.36 bits per heavy atom. The zero-order chi connectivity index (χ0) is 18.7. The first-order valence-corrected chi connectivity index (χ1v) is 9.53. The Labute approximate surface area is 180 Å². The highest BCUT2D eigenvalue weighted by Gasteiger charge is 2.33. The van der Waals surface area contributed by atoms with E-state index in [1.54, 1.807) is 0 Å². The van der Waals surface area contributed by atoms with Crippen LogP contribution in [0.1, 0.15) is 18.1 Å². The standard InChI is InChI=1S/C20H30N4O2.2ClH/c1-14-5-4-6-18(15(14)2)22-19(25)13-23-7-9-24(10-8-23)20(26)16(3)17-11-21-12-17;;/h4-6,16-17,21H,7-13H2,1-3H3,(H,22,25);2*1H. The van der Waals surface area contributed by atoms with Crippen molar-refractivity contribution in [1.29, 1.82) is 0 Å². The molecular formula is C20H32Cl2N4O2. The van der Waals surface area contributed by atoms with Crippen molar-refractivity contribution in [3.8, 4) is 0 Å². The Kier molecular flexibility index (Phi) is 9.70. The van der Waals surface area contributed by atoms with Gasteiger partial charge >= 0.3 is 0 Å². The molecule has 1 aromatic carbocycles. The van der Waals surface area contributed by atoms with Crippen molar-refractivity contribution in [2.24, 2.45) is 11.8 Å². The average molecular weight is 431 g/mol. The SMILES string of the molecule is Cc1cccc(NC(=O)CN2CCN(C(=O)C(C)C3CNC3)CC2)c1C.Cl.Cl. The first kappa shape index (κ1) is 24.7. The van der Waals surface area contributed by atoms with Gasteiger partial charge in [-0.15, -0.1) is 24.8 Å². The fourth-order valence-corrected chi connectivity index (χ4v) is 3.56. The third kappa shape index (κ3) is 5.83. The summed E-state index contributed by atoms with van der Waals surface area (Å²) in [6.07, 6.45) is 0. The lowest BCUT2D eigenvalue weighted by Gasteiger charge is -2.39. The summed E-state index contributed by atoms with van der Waals surface area (Å²) in [5.41, 5.74) is 3.16. The van der Waals surface area contributed by atoms with Gasteiger partial charge in [-0.25, -0.2) is 0 Å². The third-order valence-electron chi connectivity index (χ3n) is 5.84. The van der Waals surface area contributed by atoms with Gasteiger partial charge in [0.15, 0.2) is 0 Å². The maximum Gasteiger partial charge on any atom is 0.238 e. The smallest absolute Gasteiger partial charge is 0.238 e. The van der Waals surface area contributed by atoms with Crippen molar-refractivity contribution in [2.45, 2.75) is 20.8 Å². The van der Waals surface area contributed by atoms with Crippen LogP contribution in [0.15, 0.2) is 18.2 Å². The molecule has 0 bridgehead atoms. The van der Waals surface area contributed by atoms with Gasteiger partial charge in [-0.2, -0.15) is 0 Å². The van der Waals surface area contributed by atoms with E-state index < -0.39 is 0 Å². The highest BCUT2D eigenvalue weighted by Crippen LogP contribution is 2.20. The molecule has 0 saturated carbocycles. The Bertz CT molecular complexity index is 674. The summed E-state index contributed by atoms with van der Waals surface area (Å²) in [5, 5.41) is 6.25. The lowest BCUT2D eigenvalue weighted by Crippen LogP contribution is -2.55. The summed E-state index contributed by atoms with van der Waals surface area (Å²) >= 11 is 0. The van der Waals surface area contributed by atoms with Gasteiger partial charge in [0, 0.05) is 37.8 Å². The van der Waals surface area contributed by atoms with Crippen molar-refractivity contribution < 1.29 is 9.59 Å². The number of amides is 2. The number of carbonyl (C=O) groups is 2. The van der Waals surface area contributed by atoms with E-state index >= 15 is 0 Å². The van der Waals surface area contributed by atoms with E-state index in [0.29, 0.717) is 25.6 Å². The molecule has 6 nitrogen and oxygen atoms in total. The van der Waals surface area contributed by atoms with E-state index in [4.69, 9.17) is 0 Å². The molecule has 8 heteroatoms. The van der Waals surface area contributed by atoms with Crippen LogP contribution in [0.2, 0.25) is 0 Å². The average Bonchev–Trinajstić information content (AvgIpc) is 2.57. The summed E-state index contributed by atoms with van der Waals surface area (Å²) in [6, 6.07) is 5.94. The van der Waals surface area contributed by atoms with Crippen molar-refractivity contribution in [2.75, 3.05) is 51.1 Å².